The molecule has 16 heavy (non-hydrogen) atoms. The van der Waals surface area contributed by atoms with Crippen LogP contribution in [0.5, 0.6) is 0 Å². The van der Waals surface area contributed by atoms with Gasteiger partial charge in [-0.25, -0.2) is 17.5 Å². The molecule has 1 heterocycles. The Hall–Kier alpha value is -1.05. The molecule has 0 aliphatic rings. The van der Waals surface area contributed by atoms with Crippen molar-refractivity contribution in [3.05, 3.63) is 24.3 Å². The highest BCUT2D eigenvalue weighted by Crippen LogP contribution is 2.07. The summed E-state index contributed by atoms with van der Waals surface area (Å²) in [7, 11) is -1.96. The molecule has 1 rings (SSSR count). The number of rotatable bonds is 5. The molecule has 1 aromatic heterocycles. The molecule has 0 aromatic carbocycles. The molecule has 0 fully saturated rings. The average Bonchev–Trinajstić information content (AvgIpc) is 2.26. The standard InChI is InChI=1S/C9H14FN3O2S/c1-7(11-2)4-13-16(14,15)9-3-8(10)5-12-6-9/h3,5-7,11,13H,4H2,1-2H3. The lowest BCUT2D eigenvalue weighted by Gasteiger charge is -2.11. The van der Waals surface area contributed by atoms with Crippen LogP contribution >= 0.6 is 0 Å². The molecule has 0 amide bonds. The predicted molar refractivity (Wildman–Crippen MR) is 57.9 cm³/mol. The summed E-state index contributed by atoms with van der Waals surface area (Å²) >= 11 is 0. The fourth-order valence-electron chi connectivity index (χ4n) is 0.959. The van der Waals surface area contributed by atoms with Gasteiger partial charge in [-0.05, 0) is 20.0 Å². The average molecular weight is 247 g/mol. The van der Waals surface area contributed by atoms with Gasteiger partial charge in [0.2, 0.25) is 10.0 Å². The summed E-state index contributed by atoms with van der Waals surface area (Å²) in [5.41, 5.74) is 0. The Morgan fingerprint density at radius 3 is 2.75 bits per heavy atom. The number of pyridine rings is 1. The Morgan fingerprint density at radius 1 is 1.50 bits per heavy atom. The van der Waals surface area contributed by atoms with Gasteiger partial charge in [0, 0.05) is 18.8 Å². The van der Waals surface area contributed by atoms with Gasteiger partial charge in [0.05, 0.1) is 6.20 Å². The number of halogens is 1. The zero-order valence-electron chi connectivity index (χ0n) is 9.07. The largest absolute Gasteiger partial charge is 0.316 e. The lowest BCUT2D eigenvalue weighted by Crippen LogP contribution is -2.37. The van der Waals surface area contributed by atoms with E-state index in [1.165, 1.54) is 0 Å². The van der Waals surface area contributed by atoms with E-state index in [4.69, 9.17) is 0 Å². The van der Waals surface area contributed by atoms with Crippen LogP contribution in [0.2, 0.25) is 0 Å². The second-order valence-corrected chi connectivity index (χ2v) is 5.15. The third-order valence-corrected chi connectivity index (χ3v) is 3.45. The molecule has 1 aromatic rings. The van der Waals surface area contributed by atoms with Gasteiger partial charge in [0.1, 0.15) is 10.7 Å². The Kier molecular flexibility index (Phi) is 4.34. The summed E-state index contributed by atoms with van der Waals surface area (Å²) in [4.78, 5) is 3.32. The van der Waals surface area contributed by atoms with E-state index in [-0.39, 0.29) is 17.5 Å². The lowest BCUT2D eigenvalue weighted by atomic mass is 10.4. The quantitative estimate of drug-likeness (QED) is 0.774. The van der Waals surface area contributed by atoms with Gasteiger partial charge in [-0.15, -0.1) is 0 Å². The van der Waals surface area contributed by atoms with E-state index in [1.807, 2.05) is 6.92 Å². The van der Waals surface area contributed by atoms with E-state index in [2.05, 4.69) is 15.0 Å². The zero-order valence-corrected chi connectivity index (χ0v) is 9.88. The van der Waals surface area contributed by atoms with Gasteiger partial charge in [-0.2, -0.15) is 0 Å². The zero-order chi connectivity index (χ0) is 12.2. The van der Waals surface area contributed by atoms with Crippen molar-refractivity contribution in [2.75, 3.05) is 13.6 Å². The fourth-order valence-corrected chi connectivity index (χ4v) is 2.06. The van der Waals surface area contributed by atoms with Gasteiger partial charge < -0.3 is 5.32 Å². The molecule has 2 N–H and O–H groups in total. The summed E-state index contributed by atoms with van der Waals surface area (Å²) in [6.45, 7) is 2.06. The van der Waals surface area contributed by atoms with Crippen molar-refractivity contribution in [3.63, 3.8) is 0 Å². The lowest BCUT2D eigenvalue weighted by molar-refractivity contribution is 0.551. The van der Waals surface area contributed by atoms with Crippen LogP contribution in [0, 0.1) is 5.82 Å². The Labute approximate surface area is 94.1 Å². The summed E-state index contributed by atoms with van der Waals surface area (Å²) in [5, 5.41) is 2.88. The summed E-state index contributed by atoms with van der Waals surface area (Å²) in [6.07, 6.45) is 2.06. The molecule has 0 saturated heterocycles. The first-order valence-corrected chi connectivity index (χ1v) is 6.21. The van der Waals surface area contributed by atoms with Crippen molar-refractivity contribution in [2.45, 2.75) is 17.9 Å². The molecule has 5 nitrogen and oxygen atoms in total. The Balaban J connectivity index is 2.78. The van der Waals surface area contributed by atoms with Gasteiger partial charge in [0.15, 0.2) is 0 Å². The summed E-state index contributed by atoms with van der Waals surface area (Å²) < 4.78 is 38.5. The number of hydrogen-bond donors (Lipinski definition) is 2. The number of aromatic nitrogens is 1. The first kappa shape index (κ1) is 13.0. The number of nitrogens with zero attached hydrogens (tertiary/aromatic N) is 1. The second-order valence-electron chi connectivity index (χ2n) is 3.38. The minimum Gasteiger partial charge on any atom is -0.316 e. The number of sulfonamides is 1. The maximum Gasteiger partial charge on any atom is 0.242 e. The van der Waals surface area contributed by atoms with Crippen LogP contribution in [0.3, 0.4) is 0 Å². The van der Waals surface area contributed by atoms with Crippen molar-refractivity contribution in [1.82, 2.24) is 15.0 Å². The van der Waals surface area contributed by atoms with Crippen molar-refractivity contribution in [3.8, 4) is 0 Å². The highest BCUT2D eigenvalue weighted by atomic mass is 32.2. The number of nitrogens with one attached hydrogen (secondary N) is 2. The van der Waals surface area contributed by atoms with Crippen LogP contribution in [-0.4, -0.2) is 33.0 Å². The SMILES string of the molecule is CNC(C)CNS(=O)(=O)c1cncc(F)c1. The Morgan fingerprint density at radius 2 is 2.19 bits per heavy atom. The first-order valence-electron chi connectivity index (χ1n) is 4.73. The molecule has 0 aliphatic heterocycles. The third-order valence-electron chi connectivity index (χ3n) is 2.06. The van der Waals surface area contributed by atoms with Crippen LogP contribution in [0.25, 0.3) is 0 Å². The normalized spacial score (nSPS) is 13.7. The highest BCUT2D eigenvalue weighted by molar-refractivity contribution is 7.89. The molecular weight excluding hydrogens is 233 g/mol. The molecule has 0 bridgehead atoms. The van der Waals surface area contributed by atoms with Crippen molar-refractivity contribution >= 4 is 10.0 Å². The van der Waals surface area contributed by atoms with Crippen LogP contribution in [-0.2, 0) is 10.0 Å². The number of likely N-dealkylation sites (N-methyl/N-ethyl adjacent to an activating group) is 1. The van der Waals surface area contributed by atoms with E-state index < -0.39 is 15.8 Å². The first-order chi connectivity index (χ1) is 7.45. The molecule has 0 saturated carbocycles. The molecular formula is C9H14FN3O2S. The second kappa shape index (κ2) is 5.33. The molecule has 0 aliphatic carbocycles. The van der Waals surface area contributed by atoms with Crippen molar-refractivity contribution < 1.29 is 12.8 Å². The number of hydrogen-bond acceptors (Lipinski definition) is 4. The maximum atomic E-state index is 12.8. The fraction of sp³-hybridized carbons (Fsp3) is 0.444. The molecule has 1 atom stereocenters. The van der Waals surface area contributed by atoms with Crippen LogP contribution in [0.4, 0.5) is 4.39 Å². The van der Waals surface area contributed by atoms with Crippen LogP contribution in [0.15, 0.2) is 23.4 Å². The van der Waals surface area contributed by atoms with Crippen LogP contribution < -0.4 is 10.0 Å². The van der Waals surface area contributed by atoms with E-state index in [1.54, 1.807) is 7.05 Å². The van der Waals surface area contributed by atoms with E-state index in [0.717, 1.165) is 18.5 Å². The molecule has 1 unspecified atom stereocenters. The predicted octanol–water partition coefficient (Wildman–Crippen LogP) is 0.107. The van der Waals surface area contributed by atoms with E-state index in [9.17, 15) is 12.8 Å². The Bertz CT molecular complexity index is 450. The topological polar surface area (TPSA) is 71.1 Å². The monoisotopic (exact) mass is 247 g/mol. The minimum atomic E-state index is -3.68. The molecule has 0 radical (unpaired) electrons. The summed E-state index contributed by atoms with van der Waals surface area (Å²) in [5.74, 6) is -0.676. The van der Waals surface area contributed by atoms with Crippen molar-refractivity contribution in [1.29, 1.82) is 0 Å². The van der Waals surface area contributed by atoms with Gasteiger partial charge in [-0.3, -0.25) is 4.98 Å². The van der Waals surface area contributed by atoms with Gasteiger partial charge >= 0.3 is 0 Å². The van der Waals surface area contributed by atoms with Crippen LogP contribution in [0.1, 0.15) is 6.92 Å². The van der Waals surface area contributed by atoms with Gasteiger partial charge in [0.25, 0.3) is 0 Å². The maximum absolute atomic E-state index is 12.8. The van der Waals surface area contributed by atoms with E-state index in [0.29, 0.717) is 0 Å². The smallest absolute Gasteiger partial charge is 0.242 e. The molecule has 7 heteroatoms. The molecule has 90 valence electrons. The highest BCUT2D eigenvalue weighted by Gasteiger charge is 2.15. The third kappa shape index (κ3) is 3.51. The molecule has 0 spiro atoms. The minimum absolute atomic E-state index is 0.00343. The van der Waals surface area contributed by atoms with Crippen molar-refractivity contribution in [2.24, 2.45) is 0 Å². The van der Waals surface area contributed by atoms with E-state index >= 15 is 0 Å². The van der Waals surface area contributed by atoms with Gasteiger partial charge in [-0.1, -0.05) is 0 Å². The summed E-state index contributed by atoms with van der Waals surface area (Å²) in [6, 6.07) is 0.927.